The number of aromatic amines is 1. The summed E-state index contributed by atoms with van der Waals surface area (Å²) < 4.78 is 34.4. The number of fused-ring (bicyclic) bond motifs is 1. The summed E-state index contributed by atoms with van der Waals surface area (Å²) in [5.74, 6) is -1.35. The highest BCUT2D eigenvalue weighted by Gasteiger charge is 2.37. The lowest BCUT2D eigenvalue weighted by atomic mass is 10.3. The summed E-state index contributed by atoms with van der Waals surface area (Å²) in [6.45, 7) is 5.17. The maximum absolute atomic E-state index is 13.3. The molecule has 1 amide bonds. The lowest BCUT2D eigenvalue weighted by molar-refractivity contribution is -0.117. The second-order valence-corrected chi connectivity index (χ2v) is 12.1. The lowest BCUT2D eigenvalue weighted by Gasteiger charge is -2.18. The number of nitrogens with zero attached hydrogens (tertiary/aromatic N) is 6. The van der Waals surface area contributed by atoms with E-state index in [0.29, 0.717) is 48.9 Å². The van der Waals surface area contributed by atoms with Gasteiger partial charge in [-0.2, -0.15) is 10.1 Å². The van der Waals surface area contributed by atoms with E-state index in [1.54, 1.807) is 4.90 Å². The molecule has 2 aliphatic heterocycles. The SMILES string of the molecule is Cc1cc(Nc2nc(Sc3ccc(NC(=O)CN4CCC(OCCCN5CCC(F)(F)C5)C4)cc3)nc3cccn23)n[nH]1. The predicted octanol–water partition coefficient (Wildman–Crippen LogP) is 4.42. The molecule has 0 aliphatic carbocycles. The van der Waals surface area contributed by atoms with Crippen LogP contribution < -0.4 is 10.6 Å². The number of hydrogen-bond donors (Lipinski definition) is 3. The molecule has 3 aromatic heterocycles. The number of likely N-dealkylation sites (tertiary alicyclic amines) is 2. The van der Waals surface area contributed by atoms with E-state index in [-0.39, 0.29) is 31.5 Å². The van der Waals surface area contributed by atoms with Gasteiger partial charge in [-0.05, 0) is 67.9 Å². The van der Waals surface area contributed by atoms with Crippen LogP contribution in [-0.2, 0) is 9.53 Å². The number of alkyl halides is 2. The average molecular weight is 612 g/mol. The minimum Gasteiger partial charge on any atom is -0.377 e. The molecule has 4 aromatic rings. The van der Waals surface area contributed by atoms with Crippen molar-refractivity contribution in [2.24, 2.45) is 0 Å². The van der Waals surface area contributed by atoms with Gasteiger partial charge in [0.25, 0.3) is 5.92 Å². The van der Waals surface area contributed by atoms with Gasteiger partial charge in [0.2, 0.25) is 11.9 Å². The third-order valence-corrected chi connectivity index (χ3v) is 8.35. The van der Waals surface area contributed by atoms with E-state index >= 15 is 0 Å². The maximum atomic E-state index is 13.3. The molecule has 3 N–H and O–H groups in total. The number of benzene rings is 1. The summed E-state index contributed by atoms with van der Waals surface area (Å²) >= 11 is 1.43. The predicted molar refractivity (Wildman–Crippen MR) is 160 cm³/mol. The molecule has 228 valence electrons. The van der Waals surface area contributed by atoms with Crippen LogP contribution in [0.4, 0.5) is 26.2 Å². The summed E-state index contributed by atoms with van der Waals surface area (Å²) in [4.78, 5) is 26.9. The Morgan fingerprint density at radius 1 is 1.19 bits per heavy atom. The molecule has 43 heavy (non-hydrogen) atoms. The van der Waals surface area contributed by atoms with Crippen molar-refractivity contribution >= 4 is 40.8 Å². The molecule has 11 nitrogen and oxygen atoms in total. The molecular weight excluding hydrogens is 576 g/mol. The van der Waals surface area contributed by atoms with E-state index in [1.807, 2.05) is 60.0 Å². The molecule has 1 atom stereocenters. The molecule has 1 unspecified atom stereocenters. The number of carbonyl (C=O) groups is 1. The molecule has 0 bridgehead atoms. The Morgan fingerprint density at radius 3 is 2.81 bits per heavy atom. The zero-order chi connectivity index (χ0) is 29.8. The molecule has 6 rings (SSSR count). The highest BCUT2D eigenvalue weighted by Crippen LogP contribution is 2.29. The summed E-state index contributed by atoms with van der Waals surface area (Å²) in [6.07, 6.45) is 3.50. The van der Waals surface area contributed by atoms with Gasteiger partial charge < -0.3 is 15.4 Å². The van der Waals surface area contributed by atoms with Crippen LogP contribution in [0.25, 0.3) is 5.65 Å². The third-order valence-electron chi connectivity index (χ3n) is 7.48. The van der Waals surface area contributed by atoms with Crippen molar-refractivity contribution in [3.05, 3.63) is 54.4 Å². The van der Waals surface area contributed by atoms with Crippen LogP contribution >= 0.6 is 11.8 Å². The Balaban J connectivity index is 0.948. The van der Waals surface area contributed by atoms with Gasteiger partial charge in [-0.3, -0.25) is 24.1 Å². The summed E-state index contributed by atoms with van der Waals surface area (Å²) in [7, 11) is 0. The van der Waals surface area contributed by atoms with Crippen LogP contribution in [0.15, 0.2) is 58.7 Å². The molecule has 0 spiro atoms. The van der Waals surface area contributed by atoms with Gasteiger partial charge in [-0.1, -0.05) is 0 Å². The smallest absolute Gasteiger partial charge is 0.261 e. The maximum Gasteiger partial charge on any atom is 0.261 e. The van der Waals surface area contributed by atoms with Crippen LogP contribution in [0.2, 0.25) is 0 Å². The highest BCUT2D eigenvalue weighted by molar-refractivity contribution is 7.99. The van der Waals surface area contributed by atoms with Gasteiger partial charge in [0.05, 0.1) is 19.2 Å². The van der Waals surface area contributed by atoms with Crippen LogP contribution in [0, 0.1) is 6.92 Å². The Hall–Kier alpha value is -3.59. The van der Waals surface area contributed by atoms with Crippen LogP contribution in [0.3, 0.4) is 0 Å². The summed E-state index contributed by atoms with van der Waals surface area (Å²) in [6, 6.07) is 13.3. The van der Waals surface area contributed by atoms with Gasteiger partial charge in [-0.15, -0.1) is 0 Å². The minimum atomic E-state index is -2.55. The van der Waals surface area contributed by atoms with E-state index < -0.39 is 5.92 Å². The fourth-order valence-electron chi connectivity index (χ4n) is 5.37. The Kier molecular flexibility index (Phi) is 8.88. The summed E-state index contributed by atoms with van der Waals surface area (Å²) in [5, 5.41) is 13.9. The van der Waals surface area contributed by atoms with Crippen LogP contribution in [0.1, 0.15) is 25.0 Å². The second kappa shape index (κ2) is 13.0. The Morgan fingerprint density at radius 2 is 2.05 bits per heavy atom. The molecular formula is C29H35F2N9O2S. The number of hydrogen-bond acceptors (Lipinski definition) is 9. The Bertz CT molecular complexity index is 1540. The number of anilines is 3. The van der Waals surface area contributed by atoms with Crippen molar-refractivity contribution < 1.29 is 18.3 Å². The van der Waals surface area contributed by atoms with Crippen molar-refractivity contribution in [2.45, 2.75) is 48.3 Å². The van der Waals surface area contributed by atoms with E-state index in [2.05, 4.69) is 35.7 Å². The normalized spacial score (nSPS) is 18.9. The number of nitrogens with one attached hydrogen (secondary N) is 3. The number of aromatic nitrogens is 5. The number of amides is 1. The molecule has 2 fully saturated rings. The standard InChI is InChI=1S/C29H35F2N9O2S/c1-20-16-24(37-36-20)33-27-35-28(34-25-4-2-12-40(25)27)43-23-7-5-21(6-8-23)32-26(41)18-39-13-9-22(17-39)42-15-3-11-38-14-10-29(30,31)19-38/h2,4-8,12,16,22H,3,9-11,13-15,17-19H2,1H3,(H,32,41)(H2,33,34,35,36,37). The number of halogens is 2. The lowest BCUT2D eigenvalue weighted by Crippen LogP contribution is -2.32. The van der Waals surface area contributed by atoms with Crippen molar-refractivity contribution in [3.8, 4) is 0 Å². The number of carbonyl (C=O) groups excluding carboxylic acids is 1. The first-order valence-electron chi connectivity index (χ1n) is 14.4. The van der Waals surface area contributed by atoms with Crippen molar-refractivity contribution in [1.82, 2.24) is 34.4 Å². The first-order chi connectivity index (χ1) is 20.8. The third kappa shape index (κ3) is 7.88. The Labute approximate surface area is 252 Å². The van der Waals surface area contributed by atoms with Gasteiger partial charge >= 0.3 is 0 Å². The van der Waals surface area contributed by atoms with Gasteiger partial charge in [0.15, 0.2) is 11.0 Å². The number of H-pyrrole nitrogens is 1. The van der Waals surface area contributed by atoms with Crippen molar-refractivity contribution in [1.29, 1.82) is 0 Å². The topological polar surface area (TPSA) is 116 Å². The van der Waals surface area contributed by atoms with Crippen LogP contribution in [-0.4, -0.2) is 98.2 Å². The fourth-order valence-corrected chi connectivity index (χ4v) is 6.12. The van der Waals surface area contributed by atoms with Crippen molar-refractivity contribution in [3.63, 3.8) is 0 Å². The molecule has 2 saturated heterocycles. The van der Waals surface area contributed by atoms with E-state index in [1.165, 1.54) is 11.8 Å². The molecule has 1 aromatic carbocycles. The van der Waals surface area contributed by atoms with Crippen LogP contribution in [0.5, 0.6) is 0 Å². The molecule has 0 radical (unpaired) electrons. The molecule has 14 heteroatoms. The summed E-state index contributed by atoms with van der Waals surface area (Å²) in [5.41, 5.74) is 2.42. The molecule has 0 saturated carbocycles. The molecule has 5 heterocycles. The number of ether oxygens (including phenoxy) is 1. The average Bonchev–Trinajstić information content (AvgIpc) is 3.77. The van der Waals surface area contributed by atoms with Gasteiger partial charge in [0, 0.05) is 67.7 Å². The molecule has 2 aliphatic rings. The van der Waals surface area contributed by atoms with Crippen molar-refractivity contribution in [2.75, 3.05) is 56.5 Å². The quantitative estimate of drug-likeness (QED) is 0.200. The monoisotopic (exact) mass is 611 g/mol. The van der Waals surface area contributed by atoms with E-state index in [0.717, 1.165) is 35.6 Å². The van der Waals surface area contributed by atoms with E-state index in [9.17, 15) is 13.6 Å². The number of aryl methyl sites for hydroxylation is 1. The van der Waals surface area contributed by atoms with Gasteiger partial charge in [-0.25, -0.2) is 13.8 Å². The number of rotatable bonds is 12. The second-order valence-electron chi connectivity index (χ2n) is 11.1. The zero-order valence-electron chi connectivity index (χ0n) is 23.9. The first kappa shape index (κ1) is 29.5. The van der Waals surface area contributed by atoms with Gasteiger partial charge in [0.1, 0.15) is 5.65 Å². The highest BCUT2D eigenvalue weighted by atomic mass is 32.2. The van der Waals surface area contributed by atoms with E-state index in [4.69, 9.17) is 4.74 Å². The largest absolute Gasteiger partial charge is 0.377 e. The first-order valence-corrected chi connectivity index (χ1v) is 15.3. The fraction of sp³-hybridized carbons (Fsp3) is 0.448. The minimum absolute atomic E-state index is 0.0523. The zero-order valence-corrected chi connectivity index (χ0v) is 24.7.